The molecule has 10 nitrogen and oxygen atoms in total. The monoisotopic (exact) mass is 631 g/mol. The fraction of sp³-hybridized carbons (Fsp3) is 0.297. The number of carbonyl (C=O) groups excluding carboxylic acids is 1. The first-order chi connectivity index (χ1) is 22.7. The molecule has 2 saturated heterocycles. The molecule has 0 saturated carbocycles. The minimum atomic E-state index is -0.891. The summed E-state index contributed by atoms with van der Waals surface area (Å²) in [6.07, 6.45) is 1.94. The Labute approximate surface area is 273 Å². The highest BCUT2D eigenvalue weighted by Crippen LogP contribution is 2.40. The van der Waals surface area contributed by atoms with E-state index < -0.39 is 29.0 Å². The molecule has 1 N–H and O–H groups in total. The van der Waals surface area contributed by atoms with Crippen LogP contribution < -0.4 is 0 Å². The molecule has 3 heterocycles. The second-order valence-electron chi connectivity index (χ2n) is 12.8. The lowest BCUT2D eigenvalue weighted by atomic mass is 9.91. The Kier molecular flexibility index (Phi) is 8.21. The number of fused-ring (bicyclic) bond motifs is 2. The maximum Gasteiger partial charge on any atom is 0.321 e. The summed E-state index contributed by atoms with van der Waals surface area (Å²) in [7, 11) is 0. The second-order valence-corrected chi connectivity index (χ2v) is 12.8. The van der Waals surface area contributed by atoms with Gasteiger partial charge >= 0.3 is 6.03 Å². The van der Waals surface area contributed by atoms with Crippen molar-refractivity contribution in [3.63, 3.8) is 0 Å². The number of non-ortho nitro benzene ring substituents is 1. The number of nitro benzene ring substituents is 1. The highest BCUT2D eigenvalue weighted by Gasteiger charge is 2.55. The molecule has 10 heteroatoms. The highest BCUT2D eigenvalue weighted by atomic mass is 16.8. The standard InChI is InChI=1S/C37H37N5O5/c1-37(2)46-34-32(20-25-10-5-3-6-11-25)40(23-27-14-9-15-30(19-27)42(44)45)36(43)41(24-28-16-17-31-29(18-28)22-38-39-31)33(35(34)47-37)21-26-12-7-4-8-13-26/h3-19,22,32-35H,20-21,23-24H2,1-2H3,(H,38,39)/t32-,33-,34?,35?/m1/s1. The second kappa shape index (κ2) is 12.6. The largest absolute Gasteiger partial charge is 0.342 e. The number of carbonyl (C=O) groups is 1. The van der Waals surface area contributed by atoms with Crippen LogP contribution in [0.1, 0.15) is 36.1 Å². The van der Waals surface area contributed by atoms with Gasteiger partial charge in [0.15, 0.2) is 5.79 Å². The molecule has 5 aromatic rings. The van der Waals surface area contributed by atoms with Crippen molar-refractivity contribution in [2.24, 2.45) is 0 Å². The smallest absolute Gasteiger partial charge is 0.321 e. The van der Waals surface area contributed by atoms with E-state index in [1.807, 2.05) is 78.2 Å². The summed E-state index contributed by atoms with van der Waals surface area (Å²) < 4.78 is 13.5. The van der Waals surface area contributed by atoms with E-state index in [4.69, 9.17) is 9.47 Å². The topological polar surface area (TPSA) is 114 Å². The number of aromatic amines is 1. The fourth-order valence-electron chi connectivity index (χ4n) is 7.00. The van der Waals surface area contributed by atoms with Gasteiger partial charge in [0.05, 0.1) is 28.7 Å². The van der Waals surface area contributed by atoms with E-state index in [1.165, 1.54) is 6.07 Å². The van der Waals surface area contributed by atoms with Crippen LogP contribution in [0, 0.1) is 10.1 Å². The van der Waals surface area contributed by atoms with Gasteiger partial charge in [0.25, 0.3) is 5.69 Å². The quantitative estimate of drug-likeness (QED) is 0.144. The number of urea groups is 1. The molecule has 2 amide bonds. The Morgan fingerprint density at radius 2 is 1.32 bits per heavy atom. The fourth-order valence-corrected chi connectivity index (χ4v) is 7.00. The lowest BCUT2D eigenvalue weighted by Crippen LogP contribution is -2.51. The summed E-state index contributed by atoms with van der Waals surface area (Å²) in [6, 6.07) is 31.8. The predicted molar refractivity (Wildman–Crippen MR) is 177 cm³/mol. The number of hydrogen-bond acceptors (Lipinski definition) is 6. The van der Waals surface area contributed by atoms with Gasteiger partial charge in [0, 0.05) is 30.6 Å². The van der Waals surface area contributed by atoms with Crippen LogP contribution in [-0.4, -0.2) is 61.0 Å². The number of aromatic nitrogens is 2. The average Bonchev–Trinajstić information content (AvgIpc) is 3.66. The van der Waals surface area contributed by atoms with E-state index in [-0.39, 0.29) is 24.3 Å². The van der Waals surface area contributed by atoms with Crippen molar-refractivity contribution >= 4 is 22.6 Å². The number of ether oxygens (including phenoxy) is 2. The minimum Gasteiger partial charge on any atom is -0.342 e. The zero-order valence-corrected chi connectivity index (χ0v) is 26.4. The molecule has 0 spiro atoms. The first-order valence-electron chi connectivity index (χ1n) is 15.9. The SMILES string of the molecule is CC1(C)OC2C(O1)[C@@H](Cc1ccccc1)N(Cc1ccc3[nH]ncc3c1)C(=O)N(Cc1cccc([N+](=O)[O-])c1)[C@@H]2Cc1ccccc1. The molecule has 4 atom stereocenters. The summed E-state index contributed by atoms with van der Waals surface area (Å²) in [5.41, 5.74) is 4.66. The lowest BCUT2D eigenvalue weighted by molar-refractivity contribution is -0.384. The number of nitrogens with one attached hydrogen (secondary N) is 1. The van der Waals surface area contributed by atoms with E-state index in [1.54, 1.807) is 18.3 Å². The predicted octanol–water partition coefficient (Wildman–Crippen LogP) is 6.65. The van der Waals surface area contributed by atoms with Gasteiger partial charge in [-0.05, 0) is 61.1 Å². The van der Waals surface area contributed by atoms with E-state index in [9.17, 15) is 10.1 Å². The zero-order chi connectivity index (χ0) is 32.5. The molecule has 47 heavy (non-hydrogen) atoms. The van der Waals surface area contributed by atoms with Crippen molar-refractivity contribution < 1.29 is 19.2 Å². The van der Waals surface area contributed by atoms with E-state index in [0.717, 1.165) is 27.6 Å². The number of amides is 2. The molecule has 2 fully saturated rings. The summed E-state index contributed by atoms with van der Waals surface area (Å²) in [5, 5.41) is 19.8. The molecule has 2 aliphatic heterocycles. The molecule has 2 aliphatic rings. The van der Waals surface area contributed by atoms with Gasteiger partial charge in [0.1, 0.15) is 12.2 Å². The molecule has 2 unspecified atom stereocenters. The van der Waals surface area contributed by atoms with Crippen molar-refractivity contribution in [1.29, 1.82) is 0 Å². The van der Waals surface area contributed by atoms with Gasteiger partial charge < -0.3 is 19.3 Å². The molecule has 0 bridgehead atoms. The van der Waals surface area contributed by atoms with Crippen LogP contribution in [0.4, 0.5) is 10.5 Å². The Balaban J connectivity index is 1.37. The molecule has 240 valence electrons. The highest BCUT2D eigenvalue weighted by molar-refractivity contribution is 5.79. The van der Waals surface area contributed by atoms with E-state index >= 15 is 4.79 Å². The Morgan fingerprint density at radius 3 is 1.89 bits per heavy atom. The number of hydrogen-bond donors (Lipinski definition) is 1. The molecule has 7 rings (SSSR count). The van der Waals surface area contributed by atoms with Gasteiger partial charge in [-0.15, -0.1) is 0 Å². The van der Waals surface area contributed by atoms with Crippen molar-refractivity contribution in [3.8, 4) is 0 Å². The van der Waals surface area contributed by atoms with Crippen LogP contribution in [-0.2, 0) is 35.4 Å². The molecule has 1 aromatic heterocycles. The van der Waals surface area contributed by atoms with Gasteiger partial charge in [0.2, 0.25) is 0 Å². The molecule has 0 radical (unpaired) electrons. The molecular weight excluding hydrogens is 594 g/mol. The third kappa shape index (κ3) is 6.47. The molecule has 4 aromatic carbocycles. The van der Waals surface area contributed by atoms with Crippen molar-refractivity contribution in [1.82, 2.24) is 20.0 Å². The number of nitro groups is 1. The van der Waals surface area contributed by atoms with Gasteiger partial charge in [-0.25, -0.2) is 4.79 Å². The van der Waals surface area contributed by atoms with Crippen LogP contribution >= 0.6 is 0 Å². The van der Waals surface area contributed by atoms with Crippen LogP contribution in [0.3, 0.4) is 0 Å². The average molecular weight is 632 g/mol. The van der Waals surface area contributed by atoms with Crippen molar-refractivity contribution in [2.45, 2.75) is 69.9 Å². The van der Waals surface area contributed by atoms with Crippen LogP contribution in [0.15, 0.2) is 109 Å². The van der Waals surface area contributed by atoms with E-state index in [2.05, 4.69) is 40.5 Å². The normalized spacial score (nSPS) is 22.3. The summed E-state index contributed by atoms with van der Waals surface area (Å²) in [4.78, 5) is 30.2. The van der Waals surface area contributed by atoms with Crippen molar-refractivity contribution in [3.05, 3.63) is 142 Å². The van der Waals surface area contributed by atoms with Crippen LogP contribution in [0.25, 0.3) is 10.9 Å². The summed E-state index contributed by atoms with van der Waals surface area (Å²) in [6.45, 7) is 4.34. The van der Waals surface area contributed by atoms with E-state index in [0.29, 0.717) is 24.9 Å². The number of H-pyrrole nitrogens is 1. The Bertz CT molecular complexity index is 1880. The van der Waals surface area contributed by atoms with Gasteiger partial charge in [-0.1, -0.05) is 78.9 Å². The summed E-state index contributed by atoms with van der Waals surface area (Å²) >= 11 is 0. The van der Waals surface area contributed by atoms with Gasteiger partial charge in [-0.2, -0.15) is 5.10 Å². The van der Waals surface area contributed by atoms with Crippen molar-refractivity contribution in [2.75, 3.05) is 0 Å². The first kappa shape index (κ1) is 30.6. The third-order valence-electron chi connectivity index (χ3n) is 9.12. The molecular formula is C37H37N5O5. The van der Waals surface area contributed by atoms with Crippen LogP contribution in [0.5, 0.6) is 0 Å². The number of benzene rings is 4. The molecule has 0 aliphatic carbocycles. The third-order valence-corrected chi connectivity index (χ3v) is 9.12. The van der Waals surface area contributed by atoms with Gasteiger partial charge in [-0.3, -0.25) is 15.2 Å². The number of rotatable bonds is 9. The Hall–Kier alpha value is -5.06. The first-order valence-corrected chi connectivity index (χ1v) is 15.9. The maximum absolute atomic E-state index is 15.2. The lowest BCUT2D eigenvalue weighted by Gasteiger charge is -2.37. The number of nitrogens with zero attached hydrogens (tertiary/aromatic N) is 4. The minimum absolute atomic E-state index is 0.0175. The maximum atomic E-state index is 15.2. The van der Waals surface area contributed by atoms with Crippen LogP contribution in [0.2, 0.25) is 0 Å². The summed E-state index contributed by atoms with van der Waals surface area (Å²) in [5.74, 6) is -0.891. The Morgan fingerprint density at radius 1 is 0.766 bits per heavy atom. The zero-order valence-electron chi connectivity index (χ0n) is 26.4.